The summed E-state index contributed by atoms with van der Waals surface area (Å²) >= 11 is 0. The van der Waals surface area contributed by atoms with Crippen LogP contribution in [0.4, 0.5) is 11.4 Å². The van der Waals surface area contributed by atoms with E-state index in [1.807, 2.05) is 31.7 Å². The second-order valence-electron chi connectivity index (χ2n) is 4.12. The van der Waals surface area contributed by atoms with Gasteiger partial charge in [0.05, 0.1) is 17.3 Å². The third kappa shape index (κ3) is 2.90. The Hall–Kier alpha value is -1.71. The molecule has 1 rings (SSSR count). The highest BCUT2D eigenvalue weighted by atomic mass is 16.2. The highest BCUT2D eigenvalue weighted by molar-refractivity contribution is 5.84. The van der Waals surface area contributed by atoms with Crippen LogP contribution in [0.25, 0.3) is 0 Å². The molecule has 4 nitrogen and oxygen atoms in total. The first kappa shape index (κ1) is 13.4. The van der Waals surface area contributed by atoms with E-state index in [0.717, 1.165) is 18.7 Å². The minimum absolute atomic E-state index is 0.124. The zero-order valence-electron chi connectivity index (χ0n) is 10.7. The summed E-state index contributed by atoms with van der Waals surface area (Å²) in [5, 5.41) is 0. The average Bonchev–Trinajstić information content (AvgIpc) is 2.33. The topological polar surface area (TPSA) is 72.3 Å². The normalized spacial score (nSPS) is 12.2. The molecule has 1 atom stereocenters. The Morgan fingerprint density at radius 2 is 1.82 bits per heavy atom. The monoisotopic (exact) mass is 235 g/mol. The number of nitrogens with two attached hydrogens (primary N) is 2. The number of benzene rings is 1. The number of rotatable bonds is 4. The van der Waals surface area contributed by atoms with Crippen LogP contribution in [0.1, 0.15) is 32.3 Å². The third-order valence-corrected chi connectivity index (χ3v) is 3.06. The number of carbonyl (C=O) groups is 1. The molecule has 1 amide bonds. The summed E-state index contributed by atoms with van der Waals surface area (Å²) < 4.78 is 0. The maximum absolute atomic E-state index is 12.2. The van der Waals surface area contributed by atoms with Gasteiger partial charge in [0.25, 0.3) is 0 Å². The molecule has 0 aromatic heterocycles. The Morgan fingerprint density at radius 3 is 2.29 bits per heavy atom. The first-order chi connectivity index (χ1) is 8.01. The first-order valence-electron chi connectivity index (χ1n) is 5.94. The lowest BCUT2D eigenvalue weighted by molar-refractivity contribution is -0.132. The minimum atomic E-state index is -0.183. The van der Waals surface area contributed by atoms with Crippen molar-refractivity contribution >= 4 is 17.3 Å². The van der Waals surface area contributed by atoms with Crippen molar-refractivity contribution in [2.75, 3.05) is 24.6 Å². The molecule has 0 aliphatic rings. The smallest absolute Gasteiger partial charge is 0.229 e. The van der Waals surface area contributed by atoms with Crippen molar-refractivity contribution in [3.63, 3.8) is 0 Å². The van der Waals surface area contributed by atoms with Gasteiger partial charge < -0.3 is 16.4 Å². The number of carbonyl (C=O) groups excluding carboxylic acids is 1. The van der Waals surface area contributed by atoms with Gasteiger partial charge in [-0.25, -0.2) is 0 Å². The van der Waals surface area contributed by atoms with Crippen LogP contribution in [-0.4, -0.2) is 23.9 Å². The van der Waals surface area contributed by atoms with Gasteiger partial charge in [-0.3, -0.25) is 4.79 Å². The van der Waals surface area contributed by atoms with Crippen molar-refractivity contribution in [1.82, 2.24) is 4.90 Å². The van der Waals surface area contributed by atoms with E-state index in [1.165, 1.54) is 0 Å². The second-order valence-corrected chi connectivity index (χ2v) is 4.12. The lowest BCUT2D eigenvalue weighted by atomic mass is 9.98. The van der Waals surface area contributed by atoms with E-state index < -0.39 is 0 Å². The number of likely N-dealkylation sites (N-methyl/N-ethyl adjacent to an activating group) is 1. The van der Waals surface area contributed by atoms with Gasteiger partial charge in [0.15, 0.2) is 0 Å². The molecule has 0 heterocycles. The molecule has 0 saturated carbocycles. The quantitative estimate of drug-likeness (QED) is 0.782. The Morgan fingerprint density at radius 1 is 1.24 bits per heavy atom. The van der Waals surface area contributed by atoms with Gasteiger partial charge in [0.2, 0.25) is 5.91 Å². The van der Waals surface area contributed by atoms with Crippen molar-refractivity contribution in [3.05, 3.63) is 23.8 Å². The Balaban J connectivity index is 2.92. The number of nitrogens with zero attached hydrogens (tertiary/aromatic N) is 1. The molecule has 1 unspecified atom stereocenters. The SMILES string of the molecule is CCN(CC)C(=O)C(C)c1ccc(N)c(N)c1. The number of nitrogen functional groups attached to an aromatic ring is 2. The van der Waals surface area contributed by atoms with E-state index in [9.17, 15) is 4.79 Å². The average molecular weight is 235 g/mol. The van der Waals surface area contributed by atoms with Gasteiger partial charge in [0, 0.05) is 13.1 Å². The molecule has 0 radical (unpaired) electrons. The summed E-state index contributed by atoms with van der Waals surface area (Å²) in [6.45, 7) is 7.30. The minimum Gasteiger partial charge on any atom is -0.397 e. The Labute approximate surface area is 103 Å². The molecule has 17 heavy (non-hydrogen) atoms. The predicted octanol–water partition coefficient (Wildman–Crippen LogP) is 1.82. The van der Waals surface area contributed by atoms with Crippen LogP contribution in [0.15, 0.2) is 18.2 Å². The van der Waals surface area contributed by atoms with Crippen molar-refractivity contribution in [2.24, 2.45) is 0 Å². The molecule has 0 aliphatic carbocycles. The molecular formula is C13H21N3O. The van der Waals surface area contributed by atoms with Crippen molar-refractivity contribution in [3.8, 4) is 0 Å². The molecule has 1 aromatic rings. The van der Waals surface area contributed by atoms with Gasteiger partial charge in [-0.05, 0) is 38.5 Å². The zero-order valence-corrected chi connectivity index (χ0v) is 10.7. The van der Waals surface area contributed by atoms with Crippen LogP contribution in [0.2, 0.25) is 0 Å². The fourth-order valence-corrected chi connectivity index (χ4v) is 1.81. The summed E-state index contributed by atoms with van der Waals surface area (Å²) in [6.07, 6.45) is 0. The lowest BCUT2D eigenvalue weighted by Crippen LogP contribution is -2.33. The summed E-state index contributed by atoms with van der Waals surface area (Å²) in [4.78, 5) is 14.0. The van der Waals surface area contributed by atoms with Gasteiger partial charge >= 0.3 is 0 Å². The van der Waals surface area contributed by atoms with Crippen LogP contribution in [0.5, 0.6) is 0 Å². The maximum Gasteiger partial charge on any atom is 0.229 e. The molecule has 0 fully saturated rings. The highest BCUT2D eigenvalue weighted by Crippen LogP contribution is 2.23. The molecule has 94 valence electrons. The molecular weight excluding hydrogens is 214 g/mol. The van der Waals surface area contributed by atoms with Crippen molar-refractivity contribution < 1.29 is 4.79 Å². The van der Waals surface area contributed by atoms with Crippen molar-refractivity contribution in [2.45, 2.75) is 26.7 Å². The summed E-state index contributed by atoms with van der Waals surface area (Å²) in [7, 11) is 0. The maximum atomic E-state index is 12.2. The number of hydrogen-bond donors (Lipinski definition) is 2. The molecule has 0 bridgehead atoms. The van der Waals surface area contributed by atoms with Crippen LogP contribution in [-0.2, 0) is 4.79 Å². The molecule has 0 spiro atoms. The van der Waals surface area contributed by atoms with Gasteiger partial charge in [-0.1, -0.05) is 6.07 Å². The second kappa shape index (κ2) is 5.57. The largest absolute Gasteiger partial charge is 0.397 e. The van der Waals surface area contributed by atoms with E-state index in [4.69, 9.17) is 11.5 Å². The van der Waals surface area contributed by atoms with Gasteiger partial charge in [-0.2, -0.15) is 0 Å². The predicted molar refractivity (Wildman–Crippen MR) is 71.6 cm³/mol. The van der Waals surface area contributed by atoms with Gasteiger partial charge in [0.1, 0.15) is 0 Å². The number of amides is 1. The Kier molecular flexibility index (Phi) is 4.37. The van der Waals surface area contributed by atoms with Crippen LogP contribution < -0.4 is 11.5 Å². The van der Waals surface area contributed by atoms with E-state index >= 15 is 0 Å². The Bertz CT molecular complexity index is 400. The molecule has 4 N–H and O–H groups in total. The van der Waals surface area contributed by atoms with E-state index in [0.29, 0.717) is 11.4 Å². The number of anilines is 2. The molecule has 4 heteroatoms. The van der Waals surface area contributed by atoms with Crippen LogP contribution in [0.3, 0.4) is 0 Å². The first-order valence-corrected chi connectivity index (χ1v) is 5.94. The summed E-state index contributed by atoms with van der Waals surface area (Å²) in [5.74, 6) is -0.0584. The standard InChI is InChI=1S/C13H21N3O/c1-4-16(5-2)13(17)9(3)10-6-7-11(14)12(15)8-10/h6-9H,4-5,14-15H2,1-3H3. The summed E-state index contributed by atoms with van der Waals surface area (Å²) in [6, 6.07) is 5.38. The molecule has 0 aliphatic heterocycles. The fraction of sp³-hybridized carbons (Fsp3) is 0.462. The molecule has 0 saturated heterocycles. The van der Waals surface area contributed by atoms with Crippen LogP contribution >= 0.6 is 0 Å². The number of hydrogen-bond acceptors (Lipinski definition) is 3. The van der Waals surface area contributed by atoms with E-state index in [2.05, 4.69) is 0 Å². The van der Waals surface area contributed by atoms with Crippen LogP contribution in [0, 0.1) is 0 Å². The lowest BCUT2D eigenvalue weighted by Gasteiger charge is -2.23. The molecule has 1 aromatic carbocycles. The summed E-state index contributed by atoms with van der Waals surface area (Å²) in [5.41, 5.74) is 13.4. The van der Waals surface area contributed by atoms with Gasteiger partial charge in [-0.15, -0.1) is 0 Å². The zero-order chi connectivity index (χ0) is 13.0. The van der Waals surface area contributed by atoms with Crippen molar-refractivity contribution in [1.29, 1.82) is 0 Å². The fourth-order valence-electron chi connectivity index (χ4n) is 1.81. The van der Waals surface area contributed by atoms with E-state index in [1.54, 1.807) is 12.1 Å². The van der Waals surface area contributed by atoms with E-state index in [-0.39, 0.29) is 11.8 Å². The highest BCUT2D eigenvalue weighted by Gasteiger charge is 2.20. The third-order valence-electron chi connectivity index (χ3n) is 3.06.